The Morgan fingerprint density at radius 2 is 1.42 bits per heavy atom. The molecule has 8 rings (SSSR count). The third-order valence-electron chi connectivity index (χ3n) is 12.1. The molecule has 2 fully saturated rings. The molecule has 1 aromatic heterocycles. The van der Waals surface area contributed by atoms with Crippen LogP contribution < -0.4 is 5.32 Å². The Kier molecular flexibility index (Phi) is 11.5. The van der Waals surface area contributed by atoms with Gasteiger partial charge in [-0.2, -0.15) is 0 Å². The number of ether oxygens (including phenoxy) is 1. The predicted octanol–water partition coefficient (Wildman–Crippen LogP) is 8.42. The zero-order chi connectivity index (χ0) is 41.2. The minimum absolute atomic E-state index is 0.0764. The SMILES string of the molecule is COC(=O)N[C@H](C(=O)N1CCC[C@H]1C1=NC=C(c2ccc(-c3ccc4cc(-c5cnc([C@@H]6CCCN6C(=O)[C@@H](c6ccccc6)N(C)C)[nH]5)ccc4c3)cc2)C1)C(C)C. The molecule has 3 aliphatic heterocycles. The van der Waals surface area contributed by atoms with Crippen molar-refractivity contribution in [1.82, 2.24) is 30.0 Å². The number of nitrogens with one attached hydrogen (secondary N) is 2. The van der Waals surface area contributed by atoms with Crippen LogP contribution in [0.5, 0.6) is 0 Å². The molecule has 5 aromatic rings. The maximum atomic E-state index is 14.0. The highest BCUT2D eigenvalue weighted by molar-refractivity contribution is 6.04. The number of hydrogen-bond donors (Lipinski definition) is 2. The van der Waals surface area contributed by atoms with Crippen LogP contribution in [0.1, 0.15) is 75.0 Å². The number of carbonyl (C=O) groups excluding carboxylic acids is 3. The molecule has 11 heteroatoms. The molecule has 4 atom stereocenters. The maximum absolute atomic E-state index is 14.0. The van der Waals surface area contributed by atoms with Crippen LogP contribution in [0.15, 0.2) is 108 Å². The van der Waals surface area contributed by atoms with Gasteiger partial charge in [-0.25, -0.2) is 9.78 Å². The van der Waals surface area contributed by atoms with Crippen molar-refractivity contribution >= 4 is 40.0 Å². The minimum atomic E-state index is -0.651. The highest BCUT2D eigenvalue weighted by Crippen LogP contribution is 2.36. The predicted molar refractivity (Wildman–Crippen MR) is 232 cm³/mol. The number of likely N-dealkylation sites (tertiary alicyclic amines) is 2. The smallest absolute Gasteiger partial charge is 0.407 e. The van der Waals surface area contributed by atoms with Crippen LogP contribution in [0.2, 0.25) is 0 Å². The number of alkyl carbamates (subject to hydrolysis) is 1. The van der Waals surface area contributed by atoms with Gasteiger partial charge in [0.2, 0.25) is 11.8 Å². The van der Waals surface area contributed by atoms with Crippen LogP contribution in [0.3, 0.4) is 0 Å². The van der Waals surface area contributed by atoms with E-state index in [9.17, 15) is 14.4 Å². The van der Waals surface area contributed by atoms with Crippen LogP contribution in [0.4, 0.5) is 4.79 Å². The Hall–Kier alpha value is -6.07. The lowest BCUT2D eigenvalue weighted by Crippen LogP contribution is -2.53. The normalized spacial score (nSPS) is 19.0. The first-order valence-corrected chi connectivity index (χ1v) is 20.7. The lowest BCUT2D eigenvalue weighted by molar-refractivity contribution is -0.137. The summed E-state index contributed by atoms with van der Waals surface area (Å²) in [4.78, 5) is 58.6. The largest absolute Gasteiger partial charge is 0.453 e. The number of methoxy groups -OCH3 is 1. The average molecular weight is 792 g/mol. The molecule has 59 heavy (non-hydrogen) atoms. The Bertz CT molecular complexity index is 2400. The summed E-state index contributed by atoms with van der Waals surface area (Å²) in [7, 11) is 5.23. The first kappa shape index (κ1) is 39.7. The molecule has 4 heterocycles. The summed E-state index contributed by atoms with van der Waals surface area (Å²) in [6, 6.07) is 30.5. The second kappa shape index (κ2) is 17.0. The number of hydrogen-bond acceptors (Lipinski definition) is 7. The molecule has 0 unspecified atom stereocenters. The van der Waals surface area contributed by atoms with E-state index in [1.165, 1.54) is 7.11 Å². The van der Waals surface area contributed by atoms with Crippen LogP contribution in [-0.4, -0.2) is 94.7 Å². The summed E-state index contributed by atoms with van der Waals surface area (Å²) in [5, 5.41) is 5.01. The molecule has 4 aromatic carbocycles. The van der Waals surface area contributed by atoms with Gasteiger partial charge in [-0.3, -0.25) is 19.5 Å². The number of fused-ring (bicyclic) bond motifs is 1. The van der Waals surface area contributed by atoms with Gasteiger partial charge >= 0.3 is 6.09 Å². The zero-order valence-corrected chi connectivity index (χ0v) is 34.5. The Morgan fingerprint density at radius 3 is 2.10 bits per heavy atom. The average Bonchev–Trinajstić information content (AvgIpc) is 4.09. The Labute approximate surface area is 346 Å². The summed E-state index contributed by atoms with van der Waals surface area (Å²) in [6.07, 6.45) is 7.48. The molecule has 2 N–H and O–H groups in total. The van der Waals surface area contributed by atoms with Gasteiger partial charge in [0.25, 0.3) is 0 Å². The Morgan fingerprint density at radius 1 is 0.797 bits per heavy atom. The number of imidazole rings is 1. The second-order valence-corrected chi connectivity index (χ2v) is 16.5. The fourth-order valence-corrected chi connectivity index (χ4v) is 8.97. The van der Waals surface area contributed by atoms with Crippen molar-refractivity contribution < 1.29 is 19.1 Å². The van der Waals surface area contributed by atoms with Crippen molar-refractivity contribution in [1.29, 1.82) is 0 Å². The van der Waals surface area contributed by atoms with Gasteiger partial charge in [0.1, 0.15) is 17.9 Å². The maximum Gasteiger partial charge on any atom is 0.407 e. The summed E-state index contributed by atoms with van der Waals surface area (Å²) in [5.41, 5.74) is 8.47. The molecule has 3 aliphatic rings. The van der Waals surface area contributed by atoms with Gasteiger partial charge in [-0.05, 0) is 96.4 Å². The molecule has 304 valence electrons. The van der Waals surface area contributed by atoms with Crippen molar-refractivity contribution in [3.8, 4) is 22.4 Å². The topological polar surface area (TPSA) is 123 Å². The first-order chi connectivity index (χ1) is 28.6. The van der Waals surface area contributed by atoms with Crippen LogP contribution in [0, 0.1) is 5.92 Å². The van der Waals surface area contributed by atoms with Gasteiger partial charge < -0.3 is 24.8 Å². The van der Waals surface area contributed by atoms with E-state index in [0.29, 0.717) is 19.5 Å². The highest BCUT2D eigenvalue weighted by Gasteiger charge is 2.39. The van der Waals surface area contributed by atoms with Crippen LogP contribution in [-0.2, 0) is 14.3 Å². The molecule has 0 aliphatic carbocycles. The standard InChI is InChI=1S/C48H53N7O4/c1-30(2)43(52-48(58)59-5)46(56)54-23-9-13-41(54)39-27-38(28-49-39)32-17-15-31(16-18-32)34-19-20-36-26-37(22-21-35(36)25-34)40-29-50-45(51-40)42-14-10-24-55(42)47(57)44(53(3)4)33-11-7-6-8-12-33/h6-8,11-12,15-22,25-26,28-30,41-44H,9-10,13-14,23-24,27H2,1-5H3,(H,50,51)(H,52,58)/t41-,42-,43-,44+/m0/s1. The monoisotopic (exact) mass is 791 g/mol. The first-order valence-electron chi connectivity index (χ1n) is 20.7. The molecule has 0 spiro atoms. The molecule has 0 bridgehead atoms. The number of carbonyl (C=O) groups is 3. The van der Waals surface area contributed by atoms with Crippen molar-refractivity contribution in [2.24, 2.45) is 10.9 Å². The number of H-pyrrole nitrogens is 1. The summed E-state index contributed by atoms with van der Waals surface area (Å²) in [5.74, 6) is 0.763. The van der Waals surface area contributed by atoms with Crippen LogP contribution >= 0.6 is 0 Å². The summed E-state index contributed by atoms with van der Waals surface area (Å²) in [6.45, 7) is 5.21. The van der Waals surface area contributed by atoms with E-state index < -0.39 is 12.1 Å². The second-order valence-electron chi connectivity index (χ2n) is 16.5. The number of benzene rings is 4. The molecule has 11 nitrogen and oxygen atoms in total. The minimum Gasteiger partial charge on any atom is -0.453 e. The zero-order valence-electron chi connectivity index (χ0n) is 34.5. The number of nitrogens with zero attached hydrogens (tertiary/aromatic N) is 5. The van der Waals surface area contributed by atoms with E-state index in [2.05, 4.69) is 71.0 Å². The van der Waals surface area contributed by atoms with E-state index in [-0.39, 0.29) is 35.9 Å². The van der Waals surface area contributed by atoms with Crippen molar-refractivity contribution in [3.63, 3.8) is 0 Å². The van der Waals surface area contributed by atoms with Gasteiger partial charge in [0, 0.05) is 37.0 Å². The van der Waals surface area contributed by atoms with E-state index in [0.717, 1.165) is 87.1 Å². The number of aliphatic imine (C=N–C) groups is 1. The number of amides is 3. The van der Waals surface area contributed by atoms with E-state index in [1.807, 2.05) is 85.4 Å². The third-order valence-corrected chi connectivity index (χ3v) is 12.1. The van der Waals surface area contributed by atoms with Crippen molar-refractivity contribution in [2.75, 3.05) is 34.3 Å². The van der Waals surface area contributed by atoms with E-state index in [1.54, 1.807) is 0 Å². The molecular weight excluding hydrogens is 739 g/mol. The summed E-state index contributed by atoms with van der Waals surface area (Å²) < 4.78 is 4.78. The summed E-state index contributed by atoms with van der Waals surface area (Å²) >= 11 is 0. The lowest BCUT2D eigenvalue weighted by atomic mass is 9.95. The lowest BCUT2D eigenvalue weighted by Gasteiger charge is -2.31. The van der Waals surface area contributed by atoms with Crippen molar-refractivity contribution in [3.05, 3.63) is 120 Å². The molecule has 0 saturated carbocycles. The highest BCUT2D eigenvalue weighted by atomic mass is 16.5. The van der Waals surface area contributed by atoms with Gasteiger partial charge in [0.05, 0.1) is 31.1 Å². The fourth-order valence-electron chi connectivity index (χ4n) is 8.97. The van der Waals surface area contributed by atoms with Crippen LogP contribution in [0.25, 0.3) is 38.7 Å². The van der Waals surface area contributed by atoms with Gasteiger partial charge in [-0.1, -0.05) is 92.7 Å². The van der Waals surface area contributed by atoms with E-state index in [4.69, 9.17) is 14.7 Å². The van der Waals surface area contributed by atoms with E-state index >= 15 is 0 Å². The van der Waals surface area contributed by atoms with Gasteiger partial charge in [-0.15, -0.1) is 0 Å². The molecular formula is C48H53N7O4. The van der Waals surface area contributed by atoms with Crippen molar-refractivity contribution in [2.45, 2.75) is 70.1 Å². The quantitative estimate of drug-likeness (QED) is 0.139. The molecule has 3 amide bonds. The number of aromatic amines is 1. The number of aromatic nitrogens is 2. The molecule has 2 saturated heterocycles. The molecule has 0 radical (unpaired) electrons. The number of likely N-dealkylation sites (N-methyl/N-ethyl adjacent to an activating group) is 1. The number of allylic oxidation sites excluding steroid dienone is 1. The fraction of sp³-hybridized carbons (Fsp3) is 0.354. The Balaban J connectivity index is 0.918. The van der Waals surface area contributed by atoms with Gasteiger partial charge in [0.15, 0.2) is 0 Å². The third kappa shape index (κ3) is 8.16. The number of rotatable bonds is 11.